The molecule has 2 aromatic rings. The third-order valence-electron chi connectivity index (χ3n) is 1.38. The standard InChI is InChI=1S/C6H5ClN4S/c1-12-6-9-8-5-3-2-4(7)10-11(5)6/h2-3H,1H3. The molecule has 0 saturated heterocycles. The fraction of sp³-hybridized carbons (Fsp3) is 0.167. The van der Waals surface area contributed by atoms with Crippen molar-refractivity contribution in [2.24, 2.45) is 0 Å². The van der Waals surface area contributed by atoms with Crippen LogP contribution in [0.15, 0.2) is 17.3 Å². The van der Waals surface area contributed by atoms with Gasteiger partial charge < -0.3 is 0 Å². The van der Waals surface area contributed by atoms with E-state index in [1.807, 2.05) is 6.26 Å². The first-order chi connectivity index (χ1) is 5.81. The van der Waals surface area contributed by atoms with Crippen molar-refractivity contribution in [2.75, 3.05) is 6.26 Å². The lowest BCUT2D eigenvalue weighted by Crippen LogP contribution is -1.92. The van der Waals surface area contributed by atoms with Gasteiger partial charge >= 0.3 is 0 Å². The number of fused-ring (bicyclic) bond motifs is 1. The van der Waals surface area contributed by atoms with E-state index in [0.717, 1.165) is 5.16 Å². The average molecular weight is 201 g/mol. The van der Waals surface area contributed by atoms with Crippen molar-refractivity contribution in [3.63, 3.8) is 0 Å². The SMILES string of the molecule is CSc1nnc2ccc(Cl)nn12. The molecule has 0 atom stereocenters. The molecule has 0 aliphatic rings. The van der Waals surface area contributed by atoms with Gasteiger partial charge in [-0.25, -0.2) is 0 Å². The molecule has 0 amide bonds. The van der Waals surface area contributed by atoms with Crippen molar-refractivity contribution in [2.45, 2.75) is 5.16 Å². The fourth-order valence-electron chi connectivity index (χ4n) is 0.874. The second-order valence-electron chi connectivity index (χ2n) is 2.11. The molecule has 0 spiro atoms. The largest absolute Gasteiger partial charge is 0.212 e. The number of nitrogens with zero attached hydrogens (tertiary/aromatic N) is 4. The summed E-state index contributed by atoms with van der Waals surface area (Å²) in [7, 11) is 0. The van der Waals surface area contributed by atoms with Gasteiger partial charge in [0.25, 0.3) is 0 Å². The van der Waals surface area contributed by atoms with Gasteiger partial charge in [0.05, 0.1) is 0 Å². The van der Waals surface area contributed by atoms with Gasteiger partial charge in [-0.1, -0.05) is 23.4 Å². The van der Waals surface area contributed by atoms with Crippen molar-refractivity contribution < 1.29 is 0 Å². The lowest BCUT2D eigenvalue weighted by molar-refractivity contribution is 0.811. The number of rotatable bonds is 1. The molecule has 0 saturated carbocycles. The number of aromatic nitrogens is 4. The molecular formula is C6H5ClN4S. The predicted octanol–water partition coefficient (Wildman–Crippen LogP) is 1.50. The van der Waals surface area contributed by atoms with Gasteiger partial charge in [0.2, 0.25) is 5.16 Å². The number of hydrogen-bond acceptors (Lipinski definition) is 4. The number of thioether (sulfide) groups is 1. The minimum atomic E-state index is 0.442. The second kappa shape index (κ2) is 2.91. The highest BCUT2D eigenvalue weighted by Gasteiger charge is 2.04. The Morgan fingerprint density at radius 3 is 3.00 bits per heavy atom. The molecule has 4 nitrogen and oxygen atoms in total. The summed E-state index contributed by atoms with van der Waals surface area (Å²) in [6, 6.07) is 3.47. The van der Waals surface area contributed by atoms with Gasteiger partial charge in [0, 0.05) is 0 Å². The maximum Gasteiger partial charge on any atom is 0.212 e. The van der Waals surface area contributed by atoms with Crippen LogP contribution in [0.4, 0.5) is 0 Å². The molecule has 0 aliphatic heterocycles. The zero-order valence-electron chi connectivity index (χ0n) is 6.23. The molecule has 0 unspecified atom stereocenters. The molecule has 0 bridgehead atoms. The quantitative estimate of drug-likeness (QED) is 0.655. The molecule has 2 heterocycles. The van der Waals surface area contributed by atoms with Crippen molar-refractivity contribution in [1.82, 2.24) is 19.8 Å². The molecule has 0 fully saturated rings. The lowest BCUT2D eigenvalue weighted by atomic mass is 10.6. The molecular weight excluding hydrogens is 196 g/mol. The Hall–Kier alpha value is -0.810. The Labute approximate surface area is 77.9 Å². The predicted molar refractivity (Wildman–Crippen MR) is 47.6 cm³/mol. The van der Waals surface area contributed by atoms with E-state index in [2.05, 4.69) is 15.3 Å². The van der Waals surface area contributed by atoms with E-state index >= 15 is 0 Å². The first-order valence-electron chi connectivity index (χ1n) is 3.23. The minimum absolute atomic E-state index is 0.442. The zero-order valence-corrected chi connectivity index (χ0v) is 7.80. The monoisotopic (exact) mass is 200 g/mol. The van der Waals surface area contributed by atoms with Crippen LogP contribution in [0.1, 0.15) is 0 Å². The highest BCUT2D eigenvalue weighted by atomic mass is 35.5. The van der Waals surface area contributed by atoms with Crippen LogP contribution < -0.4 is 0 Å². The van der Waals surface area contributed by atoms with Crippen molar-refractivity contribution in [3.8, 4) is 0 Å². The van der Waals surface area contributed by atoms with Crippen molar-refractivity contribution in [3.05, 3.63) is 17.3 Å². The van der Waals surface area contributed by atoms with E-state index in [-0.39, 0.29) is 0 Å². The Kier molecular flexibility index (Phi) is 1.90. The minimum Gasteiger partial charge on any atom is -0.186 e. The molecule has 6 heteroatoms. The zero-order chi connectivity index (χ0) is 8.55. The summed E-state index contributed by atoms with van der Waals surface area (Å²) < 4.78 is 1.62. The van der Waals surface area contributed by atoms with Crippen LogP contribution in [-0.4, -0.2) is 26.1 Å². The summed E-state index contributed by atoms with van der Waals surface area (Å²) in [4.78, 5) is 0. The summed E-state index contributed by atoms with van der Waals surface area (Å²) in [5.41, 5.74) is 0.712. The van der Waals surface area contributed by atoms with Gasteiger partial charge in [0.1, 0.15) is 5.15 Å². The Bertz CT molecular complexity index is 413. The van der Waals surface area contributed by atoms with Gasteiger partial charge in [-0.05, 0) is 18.4 Å². The molecule has 0 aromatic carbocycles. The third-order valence-corrected chi connectivity index (χ3v) is 2.21. The molecule has 2 aromatic heterocycles. The Balaban J connectivity index is 2.75. The first-order valence-corrected chi connectivity index (χ1v) is 4.83. The summed E-state index contributed by atoms with van der Waals surface area (Å²) in [6.07, 6.45) is 1.92. The Morgan fingerprint density at radius 2 is 2.25 bits per heavy atom. The van der Waals surface area contributed by atoms with E-state index in [9.17, 15) is 0 Å². The maximum atomic E-state index is 5.71. The molecule has 0 N–H and O–H groups in total. The molecule has 0 radical (unpaired) electrons. The van der Waals surface area contributed by atoms with Crippen LogP contribution in [-0.2, 0) is 0 Å². The first kappa shape index (κ1) is 7.82. The highest BCUT2D eigenvalue weighted by Crippen LogP contribution is 2.13. The van der Waals surface area contributed by atoms with Gasteiger partial charge in [-0.15, -0.1) is 10.2 Å². The summed E-state index contributed by atoms with van der Waals surface area (Å²) in [5.74, 6) is 0. The summed E-state index contributed by atoms with van der Waals surface area (Å²) >= 11 is 7.19. The van der Waals surface area contributed by atoms with Crippen LogP contribution in [0.2, 0.25) is 5.15 Å². The molecule has 0 aliphatic carbocycles. The van der Waals surface area contributed by atoms with Gasteiger partial charge in [-0.2, -0.15) is 9.61 Å². The second-order valence-corrected chi connectivity index (χ2v) is 3.27. The normalized spacial score (nSPS) is 10.8. The Morgan fingerprint density at radius 1 is 1.42 bits per heavy atom. The fourth-order valence-corrected chi connectivity index (χ4v) is 1.44. The van der Waals surface area contributed by atoms with E-state index in [1.165, 1.54) is 11.8 Å². The van der Waals surface area contributed by atoms with Crippen LogP contribution in [0.5, 0.6) is 0 Å². The smallest absolute Gasteiger partial charge is 0.186 e. The van der Waals surface area contributed by atoms with Crippen LogP contribution in [0, 0.1) is 0 Å². The maximum absolute atomic E-state index is 5.71. The molecule has 2 rings (SSSR count). The van der Waals surface area contributed by atoms with Gasteiger partial charge in [0.15, 0.2) is 5.65 Å². The number of halogens is 1. The van der Waals surface area contributed by atoms with E-state index in [4.69, 9.17) is 11.6 Å². The highest BCUT2D eigenvalue weighted by molar-refractivity contribution is 7.98. The molecule has 62 valence electrons. The molecule has 12 heavy (non-hydrogen) atoms. The van der Waals surface area contributed by atoms with E-state index in [0.29, 0.717) is 10.8 Å². The average Bonchev–Trinajstić information content (AvgIpc) is 2.46. The topological polar surface area (TPSA) is 43.1 Å². The van der Waals surface area contributed by atoms with E-state index in [1.54, 1.807) is 16.6 Å². The van der Waals surface area contributed by atoms with Crippen molar-refractivity contribution in [1.29, 1.82) is 0 Å². The van der Waals surface area contributed by atoms with Gasteiger partial charge in [-0.3, -0.25) is 0 Å². The number of hydrogen-bond donors (Lipinski definition) is 0. The summed E-state index contributed by atoms with van der Waals surface area (Å²) in [6.45, 7) is 0. The third kappa shape index (κ3) is 1.15. The van der Waals surface area contributed by atoms with Crippen LogP contribution >= 0.6 is 23.4 Å². The summed E-state index contributed by atoms with van der Waals surface area (Å²) in [5, 5.41) is 13.0. The van der Waals surface area contributed by atoms with Crippen LogP contribution in [0.3, 0.4) is 0 Å². The lowest BCUT2D eigenvalue weighted by Gasteiger charge is -1.93. The van der Waals surface area contributed by atoms with Crippen LogP contribution in [0.25, 0.3) is 5.65 Å². The van der Waals surface area contributed by atoms with E-state index < -0.39 is 0 Å². The van der Waals surface area contributed by atoms with Crippen molar-refractivity contribution >= 4 is 29.0 Å².